The van der Waals surface area contributed by atoms with Gasteiger partial charge in [0.05, 0.1) is 13.7 Å². The molecule has 1 heterocycles. The predicted molar refractivity (Wildman–Crippen MR) is 96.5 cm³/mol. The summed E-state index contributed by atoms with van der Waals surface area (Å²) < 4.78 is 4.69. The quantitative estimate of drug-likeness (QED) is 0.711. The summed E-state index contributed by atoms with van der Waals surface area (Å²) in [5.41, 5.74) is 1.54. The largest absolute Gasteiger partial charge is 0.464 e. The molecule has 1 aromatic carbocycles. The van der Waals surface area contributed by atoms with Gasteiger partial charge in [-0.05, 0) is 24.3 Å². The molecular formula is C19H22N2O3S. The molecule has 1 amide bonds. The molecule has 0 unspecified atom stereocenters. The van der Waals surface area contributed by atoms with Crippen LogP contribution in [0.1, 0.15) is 46.7 Å². The second-order valence-corrected chi connectivity index (χ2v) is 7.18. The van der Waals surface area contributed by atoms with Crippen LogP contribution in [0.25, 0.3) is 0 Å². The average molecular weight is 358 g/mol. The summed E-state index contributed by atoms with van der Waals surface area (Å²) in [5.74, 6) is 0.136. The maximum Gasteiger partial charge on any atom is 0.357 e. The number of benzene rings is 1. The first-order chi connectivity index (χ1) is 12.1. The number of ether oxygens (including phenoxy) is 1. The number of methoxy groups -OCH3 is 1. The molecule has 1 aliphatic carbocycles. The molecule has 0 radical (unpaired) electrons. The van der Waals surface area contributed by atoms with E-state index in [0.717, 1.165) is 17.8 Å². The van der Waals surface area contributed by atoms with Crippen LogP contribution in [0.15, 0.2) is 35.7 Å². The third kappa shape index (κ3) is 4.07. The third-order valence-electron chi connectivity index (χ3n) is 4.41. The lowest BCUT2D eigenvalue weighted by molar-refractivity contribution is -0.133. The molecule has 0 spiro atoms. The molecule has 2 atom stereocenters. The minimum absolute atomic E-state index is 0.0639. The summed E-state index contributed by atoms with van der Waals surface area (Å²) in [7, 11) is 1.34. The summed E-state index contributed by atoms with van der Waals surface area (Å²) in [6.07, 6.45) is 1.80. The fourth-order valence-corrected chi connectivity index (χ4v) is 3.83. The number of esters is 1. The maximum atomic E-state index is 12.9. The second kappa shape index (κ2) is 7.78. The molecule has 1 fully saturated rings. The van der Waals surface area contributed by atoms with Crippen LogP contribution in [-0.4, -0.2) is 35.4 Å². The van der Waals surface area contributed by atoms with Crippen LogP contribution in [0.5, 0.6) is 0 Å². The normalized spacial score (nSPS) is 18.6. The molecule has 0 bridgehead atoms. The van der Waals surface area contributed by atoms with Gasteiger partial charge in [-0.2, -0.15) is 0 Å². The molecule has 2 aromatic rings. The maximum absolute atomic E-state index is 12.9. The number of rotatable bonds is 7. The van der Waals surface area contributed by atoms with Crippen molar-refractivity contribution in [3.63, 3.8) is 0 Å². The molecule has 5 nitrogen and oxygen atoms in total. The molecule has 0 N–H and O–H groups in total. The SMILES string of the molecule is CCCN(Cc1nc(C(=O)OC)cs1)C(=O)[C@H]1C[C@H]1c1ccccc1. The smallest absolute Gasteiger partial charge is 0.357 e. The molecule has 3 rings (SSSR count). The first kappa shape index (κ1) is 17.6. The Bertz CT molecular complexity index is 744. The number of nitrogens with zero attached hydrogens (tertiary/aromatic N) is 2. The van der Waals surface area contributed by atoms with Crippen molar-refractivity contribution in [2.75, 3.05) is 13.7 Å². The number of hydrogen-bond acceptors (Lipinski definition) is 5. The van der Waals surface area contributed by atoms with Gasteiger partial charge in [0.2, 0.25) is 5.91 Å². The lowest BCUT2D eigenvalue weighted by Crippen LogP contribution is -2.32. The van der Waals surface area contributed by atoms with Gasteiger partial charge in [-0.3, -0.25) is 4.79 Å². The fraction of sp³-hybridized carbons (Fsp3) is 0.421. The van der Waals surface area contributed by atoms with Gasteiger partial charge in [0, 0.05) is 17.8 Å². The van der Waals surface area contributed by atoms with Gasteiger partial charge in [0.15, 0.2) is 5.69 Å². The highest BCUT2D eigenvalue weighted by atomic mass is 32.1. The molecular weight excluding hydrogens is 336 g/mol. The molecule has 1 saturated carbocycles. The zero-order chi connectivity index (χ0) is 17.8. The van der Waals surface area contributed by atoms with Gasteiger partial charge < -0.3 is 9.64 Å². The van der Waals surface area contributed by atoms with E-state index in [-0.39, 0.29) is 11.8 Å². The summed E-state index contributed by atoms with van der Waals surface area (Å²) in [6, 6.07) is 10.2. The van der Waals surface area contributed by atoms with E-state index in [1.807, 2.05) is 23.1 Å². The van der Waals surface area contributed by atoms with Crippen LogP contribution < -0.4 is 0 Å². The number of thiazole rings is 1. The minimum atomic E-state index is -0.442. The average Bonchev–Trinajstić information content (AvgIpc) is 3.32. The Kier molecular flexibility index (Phi) is 5.48. The van der Waals surface area contributed by atoms with Gasteiger partial charge in [0.25, 0.3) is 0 Å². The Morgan fingerprint density at radius 3 is 2.76 bits per heavy atom. The van der Waals surface area contributed by atoms with Crippen LogP contribution >= 0.6 is 11.3 Å². The molecule has 1 aromatic heterocycles. The zero-order valence-corrected chi connectivity index (χ0v) is 15.3. The van der Waals surface area contributed by atoms with Crippen molar-refractivity contribution in [1.29, 1.82) is 0 Å². The molecule has 0 aliphatic heterocycles. The Morgan fingerprint density at radius 1 is 1.32 bits per heavy atom. The van der Waals surface area contributed by atoms with E-state index in [1.165, 1.54) is 24.0 Å². The van der Waals surface area contributed by atoms with Crippen molar-refractivity contribution >= 4 is 23.2 Å². The first-order valence-corrected chi connectivity index (χ1v) is 9.38. The van der Waals surface area contributed by atoms with Crippen molar-refractivity contribution in [1.82, 2.24) is 9.88 Å². The van der Waals surface area contributed by atoms with Crippen molar-refractivity contribution < 1.29 is 14.3 Å². The molecule has 132 valence electrons. The van der Waals surface area contributed by atoms with Gasteiger partial charge in [-0.25, -0.2) is 9.78 Å². The van der Waals surface area contributed by atoms with Gasteiger partial charge >= 0.3 is 5.97 Å². The molecule has 0 saturated heterocycles. The van der Waals surface area contributed by atoms with E-state index in [0.29, 0.717) is 24.7 Å². The highest BCUT2D eigenvalue weighted by Gasteiger charge is 2.45. The van der Waals surface area contributed by atoms with Crippen molar-refractivity contribution in [3.8, 4) is 0 Å². The van der Waals surface area contributed by atoms with Crippen LogP contribution in [-0.2, 0) is 16.1 Å². The number of carbonyl (C=O) groups excluding carboxylic acids is 2. The van der Waals surface area contributed by atoms with Crippen LogP contribution in [0.2, 0.25) is 0 Å². The Hall–Kier alpha value is -2.21. The predicted octanol–water partition coefficient (Wildman–Crippen LogP) is 3.47. The summed E-state index contributed by atoms with van der Waals surface area (Å²) in [5, 5.41) is 2.44. The lowest BCUT2D eigenvalue weighted by atomic mass is 10.1. The fourth-order valence-electron chi connectivity index (χ4n) is 3.05. The molecule has 1 aliphatic rings. The zero-order valence-electron chi connectivity index (χ0n) is 14.5. The standard InChI is InChI=1S/C19H22N2O3S/c1-3-9-21(11-17-20-16(12-25-17)19(23)24-2)18(22)15-10-14(15)13-7-5-4-6-8-13/h4-8,12,14-15H,3,9-11H2,1-2H3/t14-,15-/m0/s1. The number of aromatic nitrogens is 1. The second-order valence-electron chi connectivity index (χ2n) is 6.24. The Balaban J connectivity index is 1.66. The van der Waals surface area contributed by atoms with E-state index >= 15 is 0 Å². The van der Waals surface area contributed by atoms with Gasteiger partial charge in [0.1, 0.15) is 5.01 Å². The van der Waals surface area contributed by atoms with Crippen LogP contribution in [0, 0.1) is 5.92 Å². The van der Waals surface area contributed by atoms with E-state index < -0.39 is 5.97 Å². The highest BCUT2D eigenvalue weighted by molar-refractivity contribution is 7.09. The lowest BCUT2D eigenvalue weighted by Gasteiger charge is -2.21. The van der Waals surface area contributed by atoms with Gasteiger partial charge in [-0.15, -0.1) is 11.3 Å². The van der Waals surface area contributed by atoms with Gasteiger partial charge in [-0.1, -0.05) is 37.3 Å². The van der Waals surface area contributed by atoms with Crippen LogP contribution in [0.4, 0.5) is 0 Å². The van der Waals surface area contributed by atoms with Crippen molar-refractivity contribution in [2.24, 2.45) is 5.92 Å². The molecule has 25 heavy (non-hydrogen) atoms. The molecule has 6 heteroatoms. The number of amides is 1. The summed E-state index contributed by atoms with van der Waals surface area (Å²) in [4.78, 5) is 30.6. The topological polar surface area (TPSA) is 59.5 Å². The summed E-state index contributed by atoms with van der Waals surface area (Å²) in [6.45, 7) is 3.21. The van der Waals surface area contributed by atoms with E-state index in [9.17, 15) is 9.59 Å². The first-order valence-electron chi connectivity index (χ1n) is 8.50. The van der Waals surface area contributed by atoms with Crippen LogP contribution in [0.3, 0.4) is 0 Å². The van der Waals surface area contributed by atoms with E-state index in [1.54, 1.807) is 5.38 Å². The minimum Gasteiger partial charge on any atom is -0.464 e. The van der Waals surface area contributed by atoms with E-state index in [2.05, 4.69) is 28.8 Å². The number of hydrogen-bond donors (Lipinski definition) is 0. The van der Waals surface area contributed by atoms with Crippen molar-refractivity contribution in [2.45, 2.75) is 32.2 Å². The Morgan fingerprint density at radius 2 is 2.08 bits per heavy atom. The third-order valence-corrected chi connectivity index (χ3v) is 5.25. The Labute approximate surface area is 151 Å². The highest BCUT2D eigenvalue weighted by Crippen LogP contribution is 2.48. The van der Waals surface area contributed by atoms with E-state index in [4.69, 9.17) is 0 Å². The van der Waals surface area contributed by atoms with Crippen molar-refractivity contribution in [3.05, 3.63) is 52.0 Å². The summed E-state index contributed by atoms with van der Waals surface area (Å²) >= 11 is 1.39. The number of carbonyl (C=O) groups is 2. The monoisotopic (exact) mass is 358 g/mol.